The molecule has 0 radical (unpaired) electrons. The van der Waals surface area contributed by atoms with Crippen LogP contribution in [0.5, 0.6) is 0 Å². The molecule has 4 nitrogen and oxygen atoms in total. The van der Waals surface area contributed by atoms with Gasteiger partial charge in [0.25, 0.3) is 0 Å². The van der Waals surface area contributed by atoms with Crippen molar-refractivity contribution in [2.24, 2.45) is 11.8 Å². The summed E-state index contributed by atoms with van der Waals surface area (Å²) in [6, 6.07) is 16.0. The maximum atomic E-state index is 12.3. The summed E-state index contributed by atoms with van der Waals surface area (Å²) in [5, 5.41) is 0. The highest BCUT2D eigenvalue weighted by Gasteiger charge is 2.75. The van der Waals surface area contributed by atoms with Gasteiger partial charge in [-0.15, -0.1) is 0 Å². The number of esters is 2. The van der Waals surface area contributed by atoms with Gasteiger partial charge in [0.2, 0.25) is 0 Å². The highest BCUT2D eigenvalue weighted by molar-refractivity contribution is 6.02. The first kappa shape index (κ1) is 13.0. The largest absolute Gasteiger partial charge is 0.393 e. The number of carbonyl (C=O) groups excluding carboxylic acids is 2. The van der Waals surface area contributed by atoms with Gasteiger partial charge < -0.3 is 9.47 Å². The lowest BCUT2D eigenvalue weighted by molar-refractivity contribution is -0.188. The molecule has 23 heavy (non-hydrogen) atoms. The van der Waals surface area contributed by atoms with Gasteiger partial charge in [0.1, 0.15) is 11.5 Å². The number of hydrogen-bond donors (Lipinski definition) is 0. The standard InChI is InChI=1S/C19H14O4/c1-22-19-13-9-5-4-7-11(13)10-6-2-3-8-12(10)15(19)14-16(19)18(21)23-17(14)20/h2-9,14-16H,1H3/t14-,15-,16-,19+/m1/s1. The van der Waals surface area contributed by atoms with Crippen LogP contribution in [-0.2, 0) is 24.7 Å². The van der Waals surface area contributed by atoms with Crippen LogP contribution in [0, 0.1) is 11.8 Å². The Balaban J connectivity index is 1.86. The van der Waals surface area contributed by atoms with Crippen LogP contribution >= 0.6 is 0 Å². The zero-order valence-corrected chi connectivity index (χ0v) is 12.5. The Hall–Kier alpha value is -2.46. The van der Waals surface area contributed by atoms with E-state index in [4.69, 9.17) is 9.47 Å². The second kappa shape index (κ2) is 4.09. The van der Waals surface area contributed by atoms with Crippen molar-refractivity contribution in [3.63, 3.8) is 0 Å². The minimum atomic E-state index is -0.807. The molecule has 4 atom stereocenters. The minimum Gasteiger partial charge on any atom is -0.393 e. The van der Waals surface area contributed by atoms with Gasteiger partial charge in [-0.25, -0.2) is 0 Å². The van der Waals surface area contributed by atoms with Crippen molar-refractivity contribution in [1.29, 1.82) is 0 Å². The Labute approximate surface area is 133 Å². The molecule has 1 heterocycles. The van der Waals surface area contributed by atoms with Crippen molar-refractivity contribution in [1.82, 2.24) is 0 Å². The average molecular weight is 306 g/mol. The van der Waals surface area contributed by atoms with Crippen LogP contribution in [0.25, 0.3) is 11.1 Å². The monoisotopic (exact) mass is 306 g/mol. The molecule has 0 aromatic heterocycles. The number of hydrogen-bond acceptors (Lipinski definition) is 4. The fraction of sp³-hybridized carbons (Fsp3) is 0.263. The van der Waals surface area contributed by atoms with Gasteiger partial charge in [0.15, 0.2) is 0 Å². The average Bonchev–Trinajstić information content (AvgIpc) is 2.80. The smallest absolute Gasteiger partial charge is 0.320 e. The Bertz CT molecular complexity index is 871. The van der Waals surface area contributed by atoms with Crippen LogP contribution in [0.4, 0.5) is 0 Å². The van der Waals surface area contributed by atoms with Crippen molar-refractivity contribution in [3.05, 3.63) is 59.7 Å². The van der Waals surface area contributed by atoms with Crippen LogP contribution < -0.4 is 0 Å². The third-order valence-corrected chi connectivity index (χ3v) is 5.64. The normalized spacial score (nSPS) is 33.0. The molecule has 0 bridgehead atoms. The van der Waals surface area contributed by atoms with E-state index in [9.17, 15) is 9.59 Å². The zero-order valence-electron chi connectivity index (χ0n) is 12.5. The number of carbonyl (C=O) groups is 2. The van der Waals surface area contributed by atoms with Gasteiger partial charge in [-0.1, -0.05) is 48.5 Å². The second-order valence-corrected chi connectivity index (χ2v) is 6.35. The first-order chi connectivity index (χ1) is 11.2. The quantitative estimate of drug-likeness (QED) is 0.600. The summed E-state index contributed by atoms with van der Waals surface area (Å²) in [5.74, 6) is -2.07. The maximum absolute atomic E-state index is 12.3. The molecule has 2 aromatic rings. The lowest BCUT2D eigenvalue weighted by Crippen LogP contribution is -2.62. The number of cyclic esters (lactones) is 2. The van der Waals surface area contributed by atoms with Crippen molar-refractivity contribution in [2.75, 3.05) is 7.11 Å². The number of methoxy groups -OCH3 is 1. The van der Waals surface area contributed by atoms with Crippen molar-refractivity contribution in [3.8, 4) is 11.1 Å². The zero-order chi connectivity index (χ0) is 15.8. The summed E-state index contributed by atoms with van der Waals surface area (Å²) < 4.78 is 10.9. The van der Waals surface area contributed by atoms with E-state index in [0.717, 1.165) is 22.3 Å². The molecule has 0 N–H and O–H groups in total. The third-order valence-electron chi connectivity index (χ3n) is 5.64. The molecule has 2 aliphatic carbocycles. The molecular weight excluding hydrogens is 292 g/mol. The Morgan fingerprint density at radius 3 is 2.39 bits per heavy atom. The van der Waals surface area contributed by atoms with Gasteiger partial charge >= 0.3 is 11.9 Å². The van der Waals surface area contributed by atoms with Crippen LogP contribution in [-0.4, -0.2) is 19.0 Å². The number of benzene rings is 2. The molecule has 1 saturated carbocycles. The predicted molar refractivity (Wildman–Crippen MR) is 81.4 cm³/mol. The first-order valence-corrected chi connectivity index (χ1v) is 7.69. The fourth-order valence-corrected chi connectivity index (χ4v) is 4.82. The van der Waals surface area contributed by atoms with Gasteiger partial charge in [-0.3, -0.25) is 9.59 Å². The van der Waals surface area contributed by atoms with Crippen LogP contribution in [0.3, 0.4) is 0 Å². The molecule has 1 aliphatic heterocycles. The van der Waals surface area contributed by atoms with Gasteiger partial charge in [0.05, 0.1) is 5.92 Å². The first-order valence-electron chi connectivity index (χ1n) is 7.69. The van der Waals surface area contributed by atoms with E-state index in [1.807, 2.05) is 42.5 Å². The second-order valence-electron chi connectivity index (χ2n) is 6.35. The van der Waals surface area contributed by atoms with E-state index in [1.54, 1.807) is 7.11 Å². The molecule has 5 rings (SSSR count). The van der Waals surface area contributed by atoms with E-state index in [0.29, 0.717) is 0 Å². The lowest BCUT2D eigenvalue weighted by atomic mass is 9.47. The number of ether oxygens (including phenoxy) is 2. The summed E-state index contributed by atoms with van der Waals surface area (Å²) in [6.45, 7) is 0. The molecule has 4 heteroatoms. The molecule has 2 fully saturated rings. The van der Waals surface area contributed by atoms with E-state index in [2.05, 4.69) is 6.07 Å². The molecule has 0 unspecified atom stereocenters. The number of fused-ring (bicyclic) bond motifs is 9. The SMILES string of the molecule is CO[C@@]12c3ccccc3-c3ccccc3[C@@H]1[C@H]1C(=O)OC(=O)[C@@H]12. The van der Waals surface area contributed by atoms with E-state index >= 15 is 0 Å². The summed E-state index contributed by atoms with van der Waals surface area (Å²) in [5.41, 5.74) is 3.39. The predicted octanol–water partition coefficient (Wildman–Crippen LogP) is 2.62. The number of rotatable bonds is 1. The van der Waals surface area contributed by atoms with Crippen LogP contribution in [0.15, 0.2) is 48.5 Å². The van der Waals surface area contributed by atoms with Gasteiger partial charge in [-0.2, -0.15) is 0 Å². The molecule has 2 aromatic carbocycles. The van der Waals surface area contributed by atoms with Crippen molar-refractivity contribution >= 4 is 11.9 Å². The third kappa shape index (κ3) is 1.28. The Morgan fingerprint density at radius 2 is 1.61 bits per heavy atom. The van der Waals surface area contributed by atoms with Crippen LogP contribution in [0.2, 0.25) is 0 Å². The summed E-state index contributed by atoms with van der Waals surface area (Å²) >= 11 is 0. The van der Waals surface area contributed by atoms with E-state index in [1.165, 1.54) is 0 Å². The van der Waals surface area contributed by atoms with Crippen molar-refractivity contribution < 1.29 is 19.1 Å². The highest BCUT2D eigenvalue weighted by atomic mass is 16.6. The van der Waals surface area contributed by atoms with Gasteiger partial charge in [0, 0.05) is 13.0 Å². The van der Waals surface area contributed by atoms with Gasteiger partial charge in [-0.05, 0) is 22.3 Å². The molecule has 1 saturated heterocycles. The fourth-order valence-electron chi connectivity index (χ4n) is 4.82. The highest BCUT2D eigenvalue weighted by Crippen LogP contribution is 2.69. The van der Waals surface area contributed by atoms with E-state index in [-0.39, 0.29) is 5.92 Å². The van der Waals surface area contributed by atoms with Crippen molar-refractivity contribution in [2.45, 2.75) is 11.5 Å². The summed E-state index contributed by atoms with van der Waals surface area (Å²) in [7, 11) is 1.62. The molecule has 0 spiro atoms. The lowest BCUT2D eigenvalue weighted by Gasteiger charge is -2.57. The molecule has 114 valence electrons. The maximum Gasteiger partial charge on any atom is 0.320 e. The summed E-state index contributed by atoms with van der Waals surface area (Å²) in [6.07, 6.45) is 0. The Kier molecular flexibility index (Phi) is 2.31. The molecule has 3 aliphatic rings. The van der Waals surface area contributed by atoms with Crippen LogP contribution in [0.1, 0.15) is 17.0 Å². The van der Waals surface area contributed by atoms with E-state index < -0.39 is 29.4 Å². The Morgan fingerprint density at radius 1 is 0.913 bits per heavy atom. The minimum absolute atomic E-state index is 0.178. The molecule has 0 amide bonds. The molecular formula is C19H14O4. The topological polar surface area (TPSA) is 52.6 Å². The summed E-state index contributed by atoms with van der Waals surface area (Å²) in [4.78, 5) is 24.4.